The summed E-state index contributed by atoms with van der Waals surface area (Å²) in [6.07, 6.45) is 11.6. The molecule has 116 heavy (non-hydrogen) atoms. The van der Waals surface area contributed by atoms with E-state index >= 15 is 0 Å². The van der Waals surface area contributed by atoms with Crippen LogP contribution in [0.15, 0.2) is 320 Å². The van der Waals surface area contributed by atoms with Crippen molar-refractivity contribution in [3.05, 3.63) is 380 Å². The second-order valence-electron chi connectivity index (χ2n) is 26.5. The molecule has 3 radical (unpaired) electrons. The zero-order valence-corrected chi connectivity index (χ0v) is 74.6. The van der Waals surface area contributed by atoms with E-state index in [4.69, 9.17) is 20.2 Å². The van der Waals surface area contributed by atoms with E-state index in [0.29, 0.717) is 0 Å². The van der Waals surface area contributed by atoms with E-state index in [1.165, 1.54) is 88.7 Å². The molecule has 0 bridgehead atoms. The third-order valence-corrected chi connectivity index (χ3v) is 18.4. The number of benzene rings is 10. The zero-order chi connectivity index (χ0) is 76.8. The fourth-order valence-corrected chi connectivity index (χ4v) is 12.4. The Balaban J connectivity index is 0.000000694. The van der Waals surface area contributed by atoms with Crippen LogP contribution in [0.25, 0.3) is 99.9 Å². The Morgan fingerprint density at radius 3 is 1.48 bits per heavy atom. The van der Waals surface area contributed by atoms with Crippen LogP contribution >= 0.6 is 0 Å². The van der Waals surface area contributed by atoms with Crippen LogP contribution in [0.2, 0.25) is 19.6 Å². The van der Waals surface area contributed by atoms with Crippen LogP contribution < -0.4 is 5.19 Å². The molecular formula is C101H102Ir3N6O4PtSi-4. The molecule has 0 aliphatic carbocycles. The van der Waals surface area contributed by atoms with Crippen LogP contribution in [0.1, 0.15) is 85.2 Å². The van der Waals surface area contributed by atoms with Crippen molar-refractivity contribution in [2.45, 2.75) is 105 Å². The van der Waals surface area contributed by atoms with Crippen LogP contribution in [0.5, 0.6) is 0 Å². The van der Waals surface area contributed by atoms with Crippen LogP contribution in [0.4, 0.5) is 5.69 Å². The molecule has 0 atom stereocenters. The summed E-state index contributed by atoms with van der Waals surface area (Å²) in [5.41, 5.74) is 19.9. The summed E-state index contributed by atoms with van der Waals surface area (Å²) in [7, 11) is -1.28. The molecule has 15 aromatic rings. The number of hydrogen-bond donors (Lipinski definition) is 2. The minimum atomic E-state index is -1.28. The Morgan fingerprint density at radius 2 is 0.931 bits per heavy atom. The maximum Gasteiger partial charge on any atom is 2.00 e. The van der Waals surface area contributed by atoms with Crippen molar-refractivity contribution in [3.8, 4) is 67.4 Å². The number of rotatable bonds is 11. The smallest absolute Gasteiger partial charge is 0.512 e. The molecule has 15 heteroatoms. The summed E-state index contributed by atoms with van der Waals surface area (Å²) in [6, 6.07) is 109. The maximum absolute atomic E-state index is 10.0. The van der Waals surface area contributed by atoms with Gasteiger partial charge in [0.15, 0.2) is 11.6 Å². The van der Waals surface area contributed by atoms with Crippen LogP contribution in [0.3, 0.4) is 0 Å². The first-order valence-corrected chi connectivity index (χ1v) is 38.9. The molecule has 5 heterocycles. The molecule has 10 aromatic carbocycles. The standard InChI is InChI=1S/C24H16N2.C20H22NSi.C17H14N.C15H10N.C11H8N.2C5H8O2.4CH4.3Ir.Pt/c1-2-10-20(11-3-1)22-13-4-5-15-24(22)26-18-19-9-8-12-21(17-19)23-14-6-7-16-25-23;1-14-10-15(2)12-17(11-14)20-8-6-16-13-18(22(3,4)5)7-9-19(16)21-20;1-12-6-5-8-14(10-12)17-13(2)16-9-4-3-7-15(16)11-18-17;1-2-6-12(7-3-1)15-10-13-8-4-5-9-14(13)11-16-15;1-2-6-10(7-3-1)11-8-4-5-9-12-11;2*1-4(6)3-5(2)7;;;;;;;;/h1-10,12-16,18H;6-11,13H,1-5H3;3-7,9-11H,1-2H3;1-6,8-11H;1-6,8-9H;2*3,6H,1-2H3;4*1H4;;;;/q-2;4*-1;;;;;;;;;;+2. The van der Waals surface area contributed by atoms with Crippen molar-refractivity contribution in [1.82, 2.24) is 24.9 Å². The van der Waals surface area contributed by atoms with E-state index in [9.17, 15) is 9.59 Å². The van der Waals surface area contributed by atoms with Crippen molar-refractivity contribution < 1.29 is 101 Å². The largest absolute Gasteiger partial charge is 2.00 e. The van der Waals surface area contributed by atoms with Gasteiger partial charge in [0, 0.05) is 109 Å². The molecule has 0 amide bonds. The Bertz CT molecular complexity index is 5470. The first-order chi connectivity index (χ1) is 52.1. The van der Waals surface area contributed by atoms with Crippen molar-refractivity contribution in [3.63, 3.8) is 0 Å². The Hall–Kier alpha value is -10.3. The first kappa shape index (κ1) is 104. The molecule has 0 saturated carbocycles. The molecule has 5 aromatic heterocycles. The first-order valence-electron chi connectivity index (χ1n) is 35.4. The summed E-state index contributed by atoms with van der Waals surface area (Å²) < 4.78 is 0. The molecule has 0 aliphatic heterocycles. The molecule has 10 nitrogen and oxygen atoms in total. The van der Waals surface area contributed by atoms with Gasteiger partial charge in [-0.05, 0) is 115 Å². The number of fused-ring (bicyclic) bond motifs is 3. The average Bonchev–Trinajstić information content (AvgIpc) is 0.801. The number of aliphatic imine (C=N–C) groups is 1. The van der Waals surface area contributed by atoms with Gasteiger partial charge in [0.05, 0.1) is 25.1 Å². The SMILES string of the molecule is C.C.C.C.CC(=O)C=C(C)O.CC(=O)C=C(C)O.Cc1[c-]c(-c2ccc3cc([Si](C)(C)C)ccc3n2)cc(C)c1.Cc1cc[c-]c(-c2ncc3ccccc3c2C)c1.[Ir].[Ir].[Ir].[Pt+2].[c-]1c(C=Nc2ccccc2-c2[c-]cccc2)cccc1-c1ccccn1.[c-]1ccccc1-c1cc2ccccc2cn1.[c-]1ccccc1-c1ccccn1. The van der Waals surface area contributed by atoms with Gasteiger partial charge in [0.2, 0.25) is 0 Å². The number of nitrogens with zero attached hydrogens (tertiary/aromatic N) is 6. The average molecular weight is 2260 g/mol. The van der Waals surface area contributed by atoms with E-state index in [1.54, 1.807) is 12.4 Å². The topological polar surface area (TPSA) is 151 Å². The number of aliphatic hydroxyl groups is 2. The number of hydrogen-bond acceptors (Lipinski definition) is 10. The fourth-order valence-electron chi connectivity index (χ4n) is 11.3. The predicted molar refractivity (Wildman–Crippen MR) is 476 cm³/mol. The van der Waals surface area contributed by atoms with E-state index in [1.807, 2.05) is 188 Å². The molecule has 0 unspecified atom stereocenters. The molecule has 0 aliphatic rings. The predicted octanol–water partition coefficient (Wildman–Crippen LogP) is 25.8. The minimum absolute atomic E-state index is 0. The van der Waals surface area contributed by atoms with Crippen molar-refractivity contribution in [1.29, 1.82) is 0 Å². The molecule has 0 saturated heterocycles. The van der Waals surface area contributed by atoms with Crippen LogP contribution in [-0.2, 0) is 91.0 Å². The third kappa shape index (κ3) is 33.1. The molecular weight excluding hydrogens is 2160 g/mol. The Labute approximate surface area is 745 Å². The number of pyridine rings is 5. The van der Waals surface area contributed by atoms with Crippen molar-refractivity contribution in [2.24, 2.45) is 4.99 Å². The minimum Gasteiger partial charge on any atom is -0.512 e. The van der Waals surface area contributed by atoms with Crippen LogP contribution in [0, 0.1) is 64.1 Å². The second-order valence-corrected chi connectivity index (χ2v) is 31.5. The monoisotopic (exact) mass is 2260 g/mol. The van der Waals surface area contributed by atoms with Gasteiger partial charge < -0.3 is 30.2 Å². The second kappa shape index (κ2) is 53.0. The van der Waals surface area contributed by atoms with Gasteiger partial charge in [-0.25, -0.2) is 0 Å². The number of aromatic nitrogens is 5. The van der Waals surface area contributed by atoms with E-state index in [0.717, 1.165) is 89.7 Å². The van der Waals surface area contributed by atoms with Gasteiger partial charge >= 0.3 is 21.1 Å². The molecule has 605 valence electrons. The van der Waals surface area contributed by atoms with Crippen LogP contribution in [-0.4, -0.2) is 61.0 Å². The normalized spacial score (nSPS) is 10.2. The van der Waals surface area contributed by atoms with E-state index in [-0.39, 0.29) is 134 Å². The Kier molecular flexibility index (Phi) is 47.4. The molecule has 0 spiro atoms. The number of para-hydroxylation sites is 1. The quantitative estimate of drug-likeness (QED) is 0.0424. The van der Waals surface area contributed by atoms with E-state index in [2.05, 4.69) is 201 Å². The van der Waals surface area contributed by atoms with Gasteiger partial charge in [-0.3, -0.25) is 19.6 Å². The number of carbonyl (C=O) groups is 2. The number of aryl methyl sites for hydroxylation is 4. The number of aliphatic hydroxyl groups excluding tert-OH is 2. The number of ketones is 2. The van der Waals surface area contributed by atoms with Crippen molar-refractivity contribution in [2.75, 3.05) is 0 Å². The summed E-state index contributed by atoms with van der Waals surface area (Å²) in [5.74, 6) is -0.125. The number of carbonyl (C=O) groups excluding carboxylic acids is 2. The number of allylic oxidation sites excluding steroid dienone is 4. The fraction of sp³-hybridized carbons (Fsp3) is 0.149. The summed E-state index contributed by atoms with van der Waals surface area (Å²) in [4.78, 5) is 47.2. The van der Waals surface area contributed by atoms with Crippen molar-refractivity contribution >= 4 is 69.2 Å². The summed E-state index contributed by atoms with van der Waals surface area (Å²) in [5, 5.41) is 24.3. The zero-order valence-electron chi connectivity index (χ0n) is 64.2. The van der Waals surface area contributed by atoms with E-state index < -0.39 is 8.07 Å². The van der Waals surface area contributed by atoms with Gasteiger partial charge in [-0.15, -0.1) is 208 Å². The van der Waals surface area contributed by atoms with Gasteiger partial charge in [-0.1, -0.05) is 213 Å². The summed E-state index contributed by atoms with van der Waals surface area (Å²) in [6.45, 7) is 21.2. The third-order valence-electron chi connectivity index (χ3n) is 16.3. The molecule has 0 fully saturated rings. The maximum atomic E-state index is 10.0. The molecule has 15 rings (SSSR count). The van der Waals surface area contributed by atoms with Gasteiger partial charge in [-0.2, -0.15) is 0 Å². The van der Waals surface area contributed by atoms with Gasteiger partial charge in [0.1, 0.15) is 0 Å². The van der Waals surface area contributed by atoms with Gasteiger partial charge in [0.25, 0.3) is 0 Å². The molecule has 2 N–H and O–H groups in total. The summed E-state index contributed by atoms with van der Waals surface area (Å²) >= 11 is 0. The Morgan fingerprint density at radius 1 is 0.414 bits per heavy atom.